The van der Waals surface area contributed by atoms with Gasteiger partial charge < -0.3 is 15.2 Å². The molecule has 0 atom stereocenters. The van der Waals surface area contributed by atoms with Crippen molar-refractivity contribution < 1.29 is 26.4 Å². The number of sulfonamides is 1. The molecule has 12 heteroatoms. The molecule has 3 rings (SSSR count). The number of nitrogens with one attached hydrogen (secondary N) is 3. The number of alkyl halides is 3. The van der Waals surface area contributed by atoms with Gasteiger partial charge in [-0.25, -0.2) is 8.42 Å². The fraction of sp³-hybridized carbons (Fsp3) is 0.389. The number of piperazine rings is 1. The molecule has 2 heterocycles. The van der Waals surface area contributed by atoms with Crippen molar-refractivity contribution in [2.45, 2.75) is 24.9 Å². The van der Waals surface area contributed by atoms with E-state index in [9.17, 15) is 26.4 Å². The summed E-state index contributed by atoms with van der Waals surface area (Å²) in [6.07, 6.45) is -4.66. The first-order chi connectivity index (χ1) is 13.9. The van der Waals surface area contributed by atoms with Crippen molar-refractivity contribution in [2.75, 3.05) is 30.9 Å². The van der Waals surface area contributed by atoms with E-state index in [1.807, 2.05) is 0 Å². The van der Waals surface area contributed by atoms with Crippen LogP contribution in [0.5, 0.6) is 0 Å². The Balaban J connectivity index is 1.97. The molecule has 0 radical (unpaired) electrons. The molecule has 164 valence electrons. The van der Waals surface area contributed by atoms with Crippen molar-refractivity contribution >= 4 is 33.2 Å². The zero-order chi connectivity index (χ0) is 22.3. The highest BCUT2D eigenvalue weighted by Crippen LogP contribution is 2.36. The monoisotopic (exact) mass is 464 g/mol. The molecule has 1 aliphatic rings. The Morgan fingerprint density at radius 2 is 1.80 bits per heavy atom. The second-order valence-electron chi connectivity index (χ2n) is 6.92. The van der Waals surface area contributed by atoms with Gasteiger partial charge in [-0.05, 0) is 32.0 Å². The Kier molecular flexibility index (Phi) is 6.08. The predicted octanol–water partition coefficient (Wildman–Crippen LogP) is 3.15. The van der Waals surface area contributed by atoms with Gasteiger partial charge in [-0.1, -0.05) is 11.6 Å². The molecule has 0 unspecified atom stereocenters. The number of aryl methyl sites for hydroxylation is 2. The zero-order valence-electron chi connectivity index (χ0n) is 16.2. The van der Waals surface area contributed by atoms with E-state index in [-0.39, 0.29) is 21.8 Å². The number of hydrogen-bond donors (Lipinski definition) is 3. The molecule has 1 saturated heterocycles. The number of nitrogens with zero attached hydrogens (tertiary/aromatic N) is 1. The molecule has 0 bridgehead atoms. The van der Waals surface area contributed by atoms with Gasteiger partial charge in [0.05, 0.1) is 21.8 Å². The van der Waals surface area contributed by atoms with E-state index < -0.39 is 32.7 Å². The molecular weight excluding hydrogens is 445 g/mol. The molecule has 0 aliphatic carbocycles. The smallest absolute Gasteiger partial charge is 0.361 e. The first-order valence-electron chi connectivity index (χ1n) is 9.00. The lowest BCUT2D eigenvalue weighted by atomic mass is 10.2. The Morgan fingerprint density at radius 3 is 2.37 bits per heavy atom. The second kappa shape index (κ2) is 8.12. The van der Waals surface area contributed by atoms with Crippen LogP contribution in [0.3, 0.4) is 0 Å². The van der Waals surface area contributed by atoms with Crippen molar-refractivity contribution in [3.63, 3.8) is 0 Å². The summed E-state index contributed by atoms with van der Waals surface area (Å²) in [5, 5.41) is 2.48. The number of carbonyl (C=O) groups excluding carboxylic acids is 1. The average Bonchev–Trinajstić information content (AvgIpc) is 2.95. The number of anilines is 1. The van der Waals surface area contributed by atoms with Crippen LogP contribution in [0.2, 0.25) is 5.02 Å². The normalized spacial score (nSPS) is 15.3. The number of aromatic nitrogens is 1. The molecule has 1 aliphatic heterocycles. The summed E-state index contributed by atoms with van der Waals surface area (Å²) in [6.45, 7) is 5.16. The standard InChI is InChI=1S/C18H20ClF3N4O3S/c1-10-15(17(27)26-7-5-23-6-8-26)16(11(2)24-10)30(28,29)25-12-3-4-13(14(19)9-12)18(20,21)22/h3-4,9,23-25H,5-8H2,1-2H3. The molecule has 1 fully saturated rings. The van der Waals surface area contributed by atoms with Crippen LogP contribution >= 0.6 is 11.6 Å². The van der Waals surface area contributed by atoms with E-state index in [0.717, 1.165) is 12.1 Å². The minimum absolute atomic E-state index is 0.0138. The third-order valence-electron chi connectivity index (χ3n) is 4.73. The molecule has 2 aromatic rings. The lowest BCUT2D eigenvalue weighted by Crippen LogP contribution is -2.46. The Hall–Kier alpha value is -2.24. The summed E-state index contributed by atoms with van der Waals surface area (Å²) in [6, 6.07) is 2.55. The maximum Gasteiger partial charge on any atom is 0.417 e. The van der Waals surface area contributed by atoms with Crippen molar-refractivity contribution in [1.29, 1.82) is 0 Å². The van der Waals surface area contributed by atoms with Crippen molar-refractivity contribution in [3.8, 4) is 0 Å². The first kappa shape index (κ1) is 22.4. The van der Waals surface area contributed by atoms with Gasteiger partial charge in [0.25, 0.3) is 15.9 Å². The van der Waals surface area contributed by atoms with Gasteiger partial charge >= 0.3 is 6.18 Å². The number of aromatic amines is 1. The lowest BCUT2D eigenvalue weighted by Gasteiger charge is -2.27. The quantitative estimate of drug-likeness (QED) is 0.648. The van der Waals surface area contributed by atoms with Crippen molar-refractivity contribution in [2.24, 2.45) is 0 Å². The van der Waals surface area contributed by atoms with Crippen LogP contribution in [0.25, 0.3) is 0 Å². The number of carbonyl (C=O) groups is 1. The highest BCUT2D eigenvalue weighted by Gasteiger charge is 2.34. The van der Waals surface area contributed by atoms with Crippen molar-refractivity contribution in [1.82, 2.24) is 15.2 Å². The summed E-state index contributed by atoms with van der Waals surface area (Å²) in [4.78, 5) is 17.2. The lowest BCUT2D eigenvalue weighted by molar-refractivity contribution is -0.137. The van der Waals surface area contributed by atoms with Gasteiger partial charge in [-0.2, -0.15) is 13.2 Å². The Bertz CT molecular complexity index is 1080. The number of rotatable bonds is 4. The van der Waals surface area contributed by atoms with Gasteiger partial charge in [-0.15, -0.1) is 0 Å². The number of hydrogen-bond acceptors (Lipinski definition) is 4. The summed E-state index contributed by atoms with van der Waals surface area (Å²) < 4.78 is 67.0. The minimum Gasteiger partial charge on any atom is -0.361 e. The summed E-state index contributed by atoms with van der Waals surface area (Å²) in [5.74, 6) is -0.427. The van der Waals surface area contributed by atoms with Crippen LogP contribution in [0.15, 0.2) is 23.1 Å². The number of H-pyrrole nitrogens is 1. The second-order valence-corrected chi connectivity index (χ2v) is 8.95. The maximum atomic E-state index is 13.1. The fourth-order valence-electron chi connectivity index (χ4n) is 3.39. The topological polar surface area (TPSA) is 94.3 Å². The van der Waals surface area contributed by atoms with Crippen LogP contribution in [0.4, 0.5) is 18.9 Å². The molecule has 30 heavy (non-hydrogen) atoms. The summed E-state index contributed by atoms with van der Waals surface area (Å²) in [5.41, 5.74) is -0.569. The van der Waals surface area contributed by atoms with E-state index in [0.29, 0.717) is 37.9 Å². The minimum atomic E-state index is -4.66. The van der Waals surface area contributed by atoms with Crippen LogP contribution in [0, 0.1) is 13.8 Å². The zero-order valence-corrected chi connectivity index (χ0v) is 17.7. The predicted molar refractivity (Wildman–Crippen MR) is 106 cm³/mol. The number of halogens is 4. The number of amides is 1. The summed E-state index contributed by atoms with van der Waals surface area (Å²) in [7, 11) is -4.29. The molecule has 1 aromatic carbocycles. The van der Waals surface area contributed by atoms with E-state index >= 15 is 0 Å². The van der Waals surface area contributed by atoms with Gasteiger partial charge in [0.15, 0.2) is 0 Å². The highest BCUT2D eigenvalue weighted by atomic mass is 35.5. The molecule has 3 N–H and O–H groups in total. The van der Waals surface area contributed by atoms with E-state index in [2.05, 4.69) is 15.0 Å². The van der Waals surface area contributed by atoms with Gasteiger partial charge in [-0.3, -0.25) is 9.52 Å². The van der Waals surface area contributed by atoms with E-state index in [4.69, 9.17) is 11.6 Å². The third-order valence-corrected chi connectivity index (χ3v) is 6.60. The Morgan fingerprint density at radius 1 is 1.17 bits per heavy atom. The first-order valence-corrected chi connectivity index (χ1v) is 10.9. The molecule has 1 aromatic heterocycles. The van der Waals surface area contributed by atoms with E-state index in [1.54, 1.807) is 11.8 Å². The molecule has 7 nitrogen and oxygen atoms in total. The van der Waals surface area contributed by atoms with Crippen LogP contribution in [0.1, 0.15) is 27.3 Å². The average molecular weight is 465 g/mol. The largest absolute Gasteiger partial charge is 0.417 e. The van der Waals surface area contributed by atoms with Gasteiger partial charge in [0, 0.05) is 37.6 Å². The molecule has 1 amide bonds. The SMILES string of the molecule is Cc1[nH]c(C)c(S(=O)(=O)Nc2ccc(C(F)(F)F)c(Cl)c2)c1C(=O)N1CCNCC1. The van der Waals surface area contributed by atoms with Crippen LogP contribution in [-0.4, -0.2) is 50.4 Å². The Labute approximate surface area is 176 Å². The van der Waals surface area contributed by atoms with Crippen molar-refractivity contribution in [3.05, 3.63) is 45.7 Å². The van der Waals surface area contributed by atoms with Crippen LogP contribution in [-0.2, 0) is 16.2 Å². The van der Waals surface area contributed by atoms with Gasteiger partial charge in [0.2, 0.25) is 0 Å². The van der Waals surface area contributed by atoms with E-state index in [1.165, 1.54) is 6.92 Å². The van der Waals surface area contributed by atoms with Crippen LogP contribution < -0.4 is 10.0 Å². The highest BCUT2D eigenvalue weighted by molar-refractivity contribution is 7.92. The van der Waals surface area contributed by atoms with Gasteiger partial charge in [0.1, 0.15) is 4.90 Å². The fourth-order valence-corrected chi connectivity index (χ4v) is 5.18. The molecular formula is C18H20ClF3N4O3S. The summed E-state index contributed by atoms with van der Waals surface area (Å²) >= 11 is 5.68. The molecule has 0 saturated carbocycles. The maximum absolute atomic E-state index is 13.1. The number of benzene rings is 1. The molecule has 0 spiro atoms. The third kappa shape index (κ3) is 4.42.